The minimum absolute atomic E-state index is 0.454. The average Bonchev–Trinajstić information content (AvgIpc) is 2.98. The molecule has 174 valence electrons. The van der Waals surface area contributed by atoms with Crippen molar-refractivity contribution in [3.63, 3.8) is 0 Å². The molecule has 7 nitrogen and oxygen atoms in total. The molecule has 0 spiro atoms. The van der Waals surface area contributed by atoms with Crippen molar-refractivity contribution in [1.29, 1.82) is 0 Å². The molecule has 33 heavy (non-hydrogen) atoms. The molecule has 1 aliphatic heterocycles. The number of benzene rings is 2. The van der Waals surface area contributed by atoms with Gasteiger partial charge in [0, 0.05) is 22.6 Å². The van der Waals surface area contributed by atoms with Gasteiger partial charge in [0.15, 0.2) is 23.4 Å². The van der Waals surface area contributed by atoms with E-state index in [1.807, 2.05) is 43.3 Å². The molecular formula is C24H27BrN4O3S. The number of aromatic nitrogens is 3. The Morgan fingerprint density at radius 2 is 2.00 bits per heavy atom. The normalized spacial score (nSPS) is 14.4. The van der Waals surface area contributed by atoms with Gasteiger partial charge >= 0.3 is 0 Å². The Balaban J connectivity index is 1.72. The maximum atomic E-state index is 6.40. The number of hydrogen-bond acceptors (Lipinski definition) is 8. The molecule has 0 saturated carbocycles. The summed E-state index contributed by atoms with van der Waals surface area (Å²) in [5, 5.41) is 12.9. The molecule has 0 bridgehead atoms. The van der Waals surface area contributed by atoms with Crippen LogP contribution in [0.4, 0.5) is 5.69 Å². The van der Waals surface area contributed by atoms with Crippen molar-refractivity contribution in [1.82, 2.24) is 15.2 Å². The minimum atomic E-state index is -0.511. The highest BCUT2D eigenvalue weighted by Gasteiger charge is 2.27. The van der Waals surface area contributed by atoms with Gasteiger partial charge < -0.3 is 19.5 Å². The van der Waals surface area contributed by atoms with Crippen LogP contribution in [0.5, 0.6) is 17.4 Å². The van der Waals surface area contributed by atoms with Crippen molar-refractivity contribution in [2.45, 2.75) is 44.5 Å². The number of para-hydroxylation sites is 1. The van der Waals surface area contributed by atoms with Gasteiger partial charge in [0.25, 0.3) is 0 Å². The lowest BCUT2D eigenvalue weighted by Crippen LogP contribution is -2.17. The third kappa shape index (κ3) is 5.35. The lowest BCUT2D eigenvalue weighted by molar-refractivity contribution is 0.224. The van der Waals surface area contributed by atoms with E-state index in [-0.39, 0.29) is 0 Å². The van der Waals surface area contributed by atoms with E-state index in [1.165, 1.54) is 12.8 Å². The number of unbranched alkanes of at least 4 members (excludes halogenated alkanes) is 2. The number of fused-ring (bicyclic) bond motifs is 3. The molecular weight excluding hydrogens is 504 g/mol. The predicted molar refractivity (Wildman–Crippen MR) is 134 cm³/mol. The van der Waals surface area contributed by atoms with Gasteiger partial charge in [-0.05, 0) is 47.5 Å². The number of rotatable bonds is 9. The molecule has 1 atom stereocenters. The van der Waals surface area contributed by atoms with E-state index in [4.69, 9.17) is 19.2 Å². The minimum Gasteiger partial charge on any atom is -0.492 e. The van der Waals surface area contributed by atoms with E-state index in [2.05, 4.69) is 38.4 Å². The molecule has 0 aliphatic carbocycles. The zero-order chi connectivity index (χ0) is 23.2. The number of methoxy groups -OCH3 is 1. The van der Waals surface area contributed by atoms with Gasteiger partial charge in [0.1, 0.15) is 0 Å². The third-order valence-electron chi connectivity index (χ3n) is 5.15. The van der Waals surface area contributed by atoms with E-state index in [1.54, 1.807) is 18.9 Å². The smallest absolute Gasteiger partial charge is 0.247 e. The van der Waals surface area contributed by atoms with Crippen LogP contribution in [0.3, 0.4) is 0 Å². The quantitative estimate of drug-likeness (QED) is 0.248. The molecule has 0 amide bonds. The third-order valence-corrected chi connectivity index (χ3v) is 6.66. The SMILES string of the molecule is CCCCCSc1nnc2c(n1)O[C@H](c1cc(Br)c(OC)c(OCC)c1)Nc1ccccc1-2. The predicted octanol–water partition coefficient (Wildman–Crippen LogP) is 6.49. The largest absolute Gasteiger partial charge is 0.492 e. The monoisotopic (exact) mass is 530 g/mol. The van der Waals surface area contributed by atoms with Crippen molar-refractivity contribution in [2.75, 3.05) is 24.8 Å². The molecule has 2 aromatic carbocycles. The lowest BCUT2D eigenvalue weighted by atomic mass is 10.1. The fraction of sp³-hybridized carbons (Fsp3) is 0.375. The van der Waals surface area contributed by atoms with E-state index < -0.39 is 6.23 Å². The van der Waals surface area contributed by atoms with Gasteiger partial charge in [-0.15, -0.1) is 10.2 Å². The summed E-state index contributed by atoms with van der Waals surface area (Å²) in [6.07, 6.45) is 2.98. The average molecular weight is 531 g/mol. The summed E-state index contributed by atoms with van der Waals surface area (Å²) in [4.78, 5) is 4.72. The van der Waals surface area contributed by atoms with Gasteiger partial charge in [-0.25, -0.2) is 0 Å². The van der Waals surface area contributed by atoms with Gasteiger partial charge in [-0.2, -0.15) is 4.98 Å². The van der Waals surface area contributed by atoms with Crippen molar-refractivity contribution in [2.24, 2.45) is 0 Å². The summed E-state index contributed by atoms with van der Waals surface area (Å²) >= 11 is 5.21. The summed E-state index contributed by atoms with van der Waals surface area (Å²) < 4.78 is 18.5. The molecule has 1 aromatic heterocycles. The molecule has 1 N–H and O–H groups in total. The molecule has 1 aliphatic rings. The summed E-state index contributed by atoms with van der Waals surface area (Å²) in [6, 6.07) is 11.8. The number of hydrogen-bond donors (Lipinski definition) is 1. The molecule has 3 aromatic rings. The molecule has 0 radical (unpaired) electrons. The standard InChI is InChI=1S/C24H27BrN4O3S/c1-4-6-9-12-33-24-27-23-20(28-29-24)16-10-7-8-11-18(16)26-22(32-23)15-13-17(25)21(30-3)19(14-15)31-5-2/h7-8,10-11,13-14,22,26H,4-6,9,12H2,1-3H3/t22-/m1/s1. The van der Waals surface area contributed by atoms with Crippen LogP contribution in [-0.4, -0.2) is 34.7 Å². The number of nitrogens with zero attached hydrogens (tertiary/aromatic N) is 3. The summed E-state index contributed by atoms with van der Waals surface area (Å²) in [5.74, 6) is 2.69. The van der Waals surface area contributed by atoms with Crippen LogP contribution < -0.4 is 19.5 Å². The molecule has 0 fully saturated rings. The maximum absolute atomic E-state index is 6.40. The Bertz CT molecular complexity index is 1120. The van der Waals surface area contributed by atoms with Gasteiger partial charge in [0.05, 0.1) is 18.2 Å². The van der Waals surface area contributed by atoms with Crippen molar-refractivity contribution >= 4 is 33.4 Å². The summed E-state index contributed by atoms with van der Waals surface area (Å²) in [6.45, 7) is 4.65. The van der Waals surface area contributed by atoms with Crippen LogP contribution in [0.15, 0.2) is 46.0 Å². The zero-order valence-electron chi connectivity index (χ0n) is 18.9. The van der Waals surface area contributed by atoms with E-state index >= 15 is 0 Å². The highest BCUT2D eigenvalue weighted by molar-refractivity contribution is 9.10. The molecule has 0 unspecified atom stereocenters. The Labute approximate surface area is 206 Å². The zero-order valence-corrected chi connectivity index (χ0v) is 21.3. The van der Waals surface area contributed by atoms with Crippen LogP contribution in [0.2, 0.25) is 0 Å². The topological polar surface area (TPSA) is 78.4 Å². The van der Waals surface area contributed by atoms with Crippen LogP contribution >= 0.6 is 27.7 Å². The number of ether oxygens (including phenoxy) is 3. The van der Waals surface area contributed by atoms with Crippen LogP contribution in [0, 0.1) is 0 Å². The number of thioether (sulfide) groups is 1. The highest BCUT2D eigenvalue weighted by Crippen LogP contribution is 2.43. The summed E-state index contributed by atoms with van der Waals surface area (Å²) in [7, 11) is 1.62. The molecule has 4 rings (SSSR count). The second-order valence-electron chi connectivity index (χ2n) is 7.46. The molecule has 9 heteroatoms. The lowest BCUT2D eigenvalue weighted by Gasteiger charge is -2.21. The number of anilines is 1. The van der Waals surface area contributed by atoms with Gasteiger partial charge in [0.2, 0.25) is 11.0 Å². The van der Waals surface area contributed by atoms with Crippen molar-refractivity contribution in [3.8, 4) is 28.6 Å². The Morgan fingerprint density at radius 1 is 1.15 bits per heavy atom. The van der Waals surface area contributed by atoms with Gasteiger partial charge in [-0.3, -0.25) is 0 Å². The Kier molecular flexibility index (Phi) is 7.93. The first-order valence-electron chi connectivity index (χ1n) is 11.0. The van der Waals surface area contributed by atoms with E-state index in [0.29, 0.717) is 34.8 Å². The van der Waals surface area contributed by atoms with Crippen LogP contribution in [0.1, 0.15) is 44.9 Å². The number of halogens is 1. The molecule has 0 saturated heterocycles. The second-order valence-corrected chi connectivity index (χ2v) is 9.38. The maximum Gasteiger partial charge on any atom is 0.247 e. The summed E-state index contributed by atoms with van der Waals surface area (Å²) in [5.41, 5.74) is 3.28. The second kappa shape index (κ2) is 11.1. The fourth-order valence-electron chi connectivity index (χ4n) is 3.58. The van der Waals surface area contributed by atoms with E-state index in [9.17, 15) is 0 Å². The highest BCUT2D eigenvalue weighted by atomic mass is 79.9. The number of nitrogens with one attached hydrogen (secondary N) is 1. The Morgan fingerprint density at radius 3 is 2.79 bits per heavy atom. The van der Waals surface area contributed by atoms with Crippen LogP contribution in [-0.2, 0) is 0 Å². The van der Waals surface area contributed by atoms with Crippen molar-refractivity contribution < 1.29 is 14.2 Å². The van der Waals surface area contributed by atoms with Crippen molar-refractivity contribution in [3.05, 3.63) is 46.4 Å². The van der Waals surface area contributed by atoms with E-state index in [0.717, 1.165) is 33.5 Å². The van der Waals surface area contributed by atoms with Gasteiger partial charge in [-0.1, -0.05) is 49.7 Å². The molecule has 2 heterocycles. The fourth-order valence-corrected chi connectivity index (χ4v) is 4.97. The first-order chi connectivity index (χ1) is 16.1. The van der Waals surface area contributed by atoms with Crippen LogP contribution in [0.25, 0.3) is 11.3 Å². The Hall–Kier alpha value is -2.52. The first kappa shape index (κ1) is 23.6. The first-order valence-corrected chi connectivity index (χ1v) is 12.8.